The summed E-state index contributed by atoms with van der Waals surface area (Å²) in [6.07, 6.45) is -0.00687. The number of benzene rings is 2. The second kappa shape index (κ2) is 6.24. The van der Waals surface area contributed by atoms with Crippen molar-refractivity contribution in [3.63, 3.8) is 0 Å². The Morgan fingerprint density at radius 1 is 1.13 bits per heavy atom. The van der Waals surface area contributed by atoms with Crippen LogP contribution in [0.2, 0.25) is 0 Å². The molecule has 0 unspecified atom stereocenters. The van der Waals surface area contributed by atoms with Crippen molar-refractivity contribution in [3.8, 4) is 0 Å². The lowest BCUT2D eigenvalue weighted by atomic mass is 10.1. The fourth-order valence-corrected chi connectivity index (χ4v) is 3.04. The maximum atomic E-state index is 12.7. The van der Waals surface area contributed by atoms with E-state index in [4.69, 9.17) is 0 Å². The fourth-order valence-electron chi connectivity index (χ4n) is 3.04. The van der Waals surface area contributed by atoms with Gasteiger partial charge in [-0.1, -0.05) is 60.2 Å². The fraction of sp³-hybridized carbons (Fsp3) is 0.263. The van der Waals surface area contributed by atoms with Crippen molar-refractivity contribution in [1.29, 1.82) is 0 Å². The highest BCUT2D eigenvalue weighted by molar-refractivity contribution is 5.89. The smallest absolute Gasteiger partial charge is 0.243 e. The van der Waals surface area contributed by atoms with Gasteiger partial charge in [0.05, 0.1) is 6.42 Å². The van der Waals surface area contributed by atoms with E-state index in [2.05, 4.69) is 0 Å². The van der Waals surface area contributed by atoms with Crippen LogP contribution in [0.15, 0.2) is 54.6 Å². The standard InChI is InChI=1S/C19H20N2O2/c1-14-7-6-8-15(11-14)12-17(22)21-13-18(23)20(2)19(21)16-9-4-3-5-10-16/h3-11,19H,12-13H2,1-2H3/t19-/m0/s1. The van der Waals surface area contributed by atoms with Crippen LogP contribution >= 0.6 is 0 Å². The molecule has 0 spiro atoms. The summed E-state index contributed by atoms with van der Waals surface area (Å²) < 4.78 is 0. The Morgan fingerprint density at radius 2 is 1.87 bits per heavy atom. The maximum Gasteiger partial charge on any atom is 0.243 e. The van der Waals surface area contributed by atoms with Crippen molar-refractivity contribution in [2.45, 2.75) is 19.5 Å². The van der Waals surface area contributed by atoms with Crippen molar-refractivity contribution >= 4 is 11.8 Å². The Balaban J connectivity index is 1.84. The third-order valence-corrected chi connectivity index (χ3v) is 4.22. The van der Waals surface area contributed by atoms with Crippen LogP contribution in [0.4, 0.5) is 0 Å². The van der Waals surface area contributed by atoms with Gasteiger partial charge in [-0.25, -0.2) is 0 Å². The summed E-state index contributed by atoms with van der Waals surface area (Å²) in [6, 6.07) is 17.6. The molecule has 23 heavy (non-hydrogen) atoms. The molecule has 2 aromatic rings. The Bertz CT molecular complexity index is 727. The summed E-state index contributed by atoms with van der Waals surface area (Å²) in [5.74, 6) is -0.0569. The summed E-state index contributed by atoms with van der Waals surface area (Å²) in [5.41, 5.74) is 3.06. The molecule has 0 aliphatic carbocycles. The number of nitrogens with zero attached hydrogens (tertiary/aromatic N) is 2. The Labute approximate surface area is 136 Å². The highest BCUT2D eigenvalue weighted by atomic mass is 16.2. The highest BCUT2D eigenvalue weighted by Crippen LogP contribution is 2.29. The van der Waals surface area contributed by atoms with E-state index in [1.54, 1.807) is 16.8 Å². The summed E-state index contributed by atoms with van der Waals surface area (Å²) >= 11 is 0. The minimum atomic E-state index is -0.319. The molecule has 1 heterocycles. The highest BCUT2D eigenvalue weighted by Gasteiger charge is 2.38. The molecule has 118 valence electrons. The van der Waals surface area contributed by atoms with Gasteiger partial charge in [-0.2, -0.15) is 0 Å². The molecule has 0 radical (unpaired) electrons. The van der Waals surface area contributed by atoms with Crippen molar-refractivity contribution in [2.24, 2.45) is 0 Å². The molecule has 4 nitrogen and oxygen atoms in total. The van der Waals surface area contributed by atoms with E-state index in [0.29, 0.717) is 6.42 Å². The minimum absolute atomic E-state index is 0.0258. The SMILES string of the molecule is Cc1cccc(CC(=O)N2CC(=O)N(C)[C@@H]2c2ccccc2)c1. The lowest BCUT2D eigenvalue weighted by molar-refractivity contribution is -0.132. The zero-order valence-corrected chi connectivity index (χ0v) is 13.4. The number of hydrogen-bond donors (Lipinski definition) is 0. The molecule has 3 rings (SSSR count). The number of carbonyl (C=O) groups is 2. The predicted octanol–water partition coefficient (Wildman–Crippen LogP) is 2.54. The van der Waals surface area contributed by atoms with Gasteiger partial charge in [-0.3, -0.25) is 9.59 Å². The monoisotopic (exact) mass is 308 g/mol. The number of rotatable bonds is 3. The normalized spacial score (nSPS) is 17.7. The number of hydrogen-bond acceptors (Lipinski definition) is 2. The van der Waals surface area contributed by atoms with Crippen LogP contribution in [0, 0.1) is 6.92 Å². The minimum Gasteiger partial charge on any atom is -0.320 e. The molecular formula is C19H20N2O2. The molecule has 4 heteroatoms. The van der Waals surface area contributed by atoms with Crippen molar-refractivity contribution < 1.29 is 9.59 Å². The van der Waals surface area contributed by atoms with E-state index in [1.165, 1.54) is 0 Å². The van der Waals surface area contributed by atoms with E-state index in [0.717, 1.165) is 16.7 Å². The number of likely N-dealkylation sites (N-methyl/N-ethyl adjacent to an activating group) is 1. The Hall–Kier alpha value is -2.62. The number of carbonyl (C=O) groups excluding carboxylic acids is 2. The topological polar surface area (TPSA) is 40.6 Å². The first-order valence-electron chi connectivity index (χ1n) is 7.72. The second-order valence-corrected chi connectivity index (χ2v) is 5.98. The quantitative estimate of drug-likeness (QED) is 0.874. The van der Waals surface area contributed by atoms with Crippen LogP contribution in [0.5, 0.6) is 0 Å². The van der Waals surface area contributed by atoms with Crippen molar-refractivity contribution in [2.75, 3.05) is 13.6 Å². The van der Waals surface area contributed by atoms with Gasteiger partial charge < -0.3 is 9.80 Å². The van der Waals surface area contributed by atoms with E-state index in [1.807, 2.05) is 61.5 Å². The maximum absolute atomic E-state index is 12.7. The summed E-state index contributed by atoms with van der Waals surface area (Å²) in [6.45, 7) is 2.15. The van der Waals surface area contributed by atoms with Crippen LogP contribution in [-0.4, -0.2) is 35.2 Å². The molecule has 2 aromatic carbocycles. The first-order chi connectivity index (χ1) is 11.1. The van der Waals surface area contributed by atoms with Crippen molar-refractivity contribution in [3.05, 3.63) is 71.3 Å². The summed E-state index contributed by atoms with van der Waals surface area (Å²) in [5, 5.41) is 0. The molecule has 1 atom stereocenters. The first kappa shape index (κ1) is 15.3. The number of aryl methyl sites for hydroxylation is 1. The van der Waals surface area contributed by atoms with Gasteiger partial charge >= 0.3 is 0 Å². The van der Waals surface area contributed by atoms with Gasteiger partial charge in [-0.15, -0.1) is 0 Å². The van der Waals surface area contributed by atoms with Gasteiger partial charge in [0.2, 0.25) is 11.8 Å². The van der Waals surface area contributed by atoms with E-state index in [9.17, 15) is 9.59 Å². The molecule has 0 saturated carbocycles. The second-order valence-electron chi connectivity index (χ2n) is 5.98. The van der Waals surface area contributed by atoms with Crippen LogP contribution in [-0.2, 0) is 16.0 Å². The lowest BCUT2D eigenvalue weighted by Crippen LogP contribution is -2.35. The predicted molar refractivity (Wildman–Crippen MR) is 88.5 cm³/mol. The average Bonchev–Trinajstić information content (AvgIpc) is 2.84. The zero-order chi connectivity index (χ0) is 16.4. The molecule has 1 aliphatic heterocycles. The van der Waals surface area contributed by atoms with Gasteiger partial charge in [0.25, 0.3) is 0 Å². The van der Waals surface area contributed by atoms with E-state index in [-0.39, 0.29) is 24.5 Å². The zero-order valence-electron chi connectivity index (χ0n) is 13.4. The molecule has 1 saturated heterocycles. The van der Waals surface area contributed by atoms with Gasteiger partial charge in [-0.05, 0) is 18.1 Å². The van der Waals surface area contributed by atoms with Gasteiger partial charge in [0, 0.05) is 7.05 Å². The third-order valence-electron chi connectivity index (χ3n) is 4.22. The molecule has 0 bridgehead atoms. The molecule has 1 fully saturated rings. The molecule has 0 N–H and O–H groups in total. The summed E-state index contributed by atoms with van der Waals surface area (Å²) in [7, 11) is 1.75. The van der Waals surface area contributed by atoms with Crippen molar-refractivity contribution in [1.82, 2.24) is 9.80 Å². The molecular weight excluding hydrogens is 288 g/mol. The Morgan fingerprint density at radius 3 is 2.57 bits per heavy atom. The first-order valence-corrected chi connectivity index (χ1v) is 7.72. The van der Waals surface area contributed by atoms with Gasteiger partial charge in [0.1, 0.15) is 12.7 Å². The average molecular weight is 308 g/mol. The molecule has 0 aromatic heterocycles. The third kappa shape index (κ3) is 3.11. The van der Waals surface area contributed by atoms with Crippen LogP contribution in [0.1, 0.15) is 22.9 Å². The van der Waals surface area contributed by atoms with Crippen LogP contribution in [0.3, 0.4) is 0 Å². The van der Waals surface area contributed by atoms with Crippen LogP contribution in [0.25, 0.3) is 0 Å². The molecule has 1 aliphatic rings. The van der Waals surface area contributed by atoms with E-state index < -0.39 is 0 Å². The largest absolute Gasteiger partial charge is 0.320 e. The van der Waals surface area contributed by atoms with Gasteiger partial charge in [0.15, 0.2) is 0 Å². The molecule has 2 amide bonds. The lowest BCUT2D eigenvalue weighted by Gasteiger charge is -2.28. The number of amides is 2. The van der Waals surface area contributed by atoms with Crippen LogP contribution < -0.4 is 0 Å². The van der Waals surface area contributed by atoms with E-state index >= 15 is 0 Å². The summed E-state index contributed by atoms with van der Waals surface area (Å²) in [4.78, 5) is 28.2. The Kier molecular flexibility index (Phi) is 4.15.